The van der Waals surface area contributed by atoms with Gasteiger partial charge in [0.2, 0.25) is 0 Å². The molecule has 3 heterocycles. The molecule has 2 nitrogen and oxygen atoms in total. The summed E-state index contributed by atoms with van der Waals surface area (Å²) >= 11 is 0. The highest BCUT2D eigenvalue weighted by Gasteiger charge is 2.35. The number of rotatable bonds is 1. The molecule has 24 heavy (non-hydrogen) atoms. The zero-order valence-electron chi connectivity index (χ0n) is 14.0. The quantitative estimate of drug-likeness (QED) is 0.693. The molecule has 1 atom stereocenters. The minimum Gasteiger partial charge on any atom is -0.312 e. The molecule has 1 aliphatic heterocycles. The number of fused-ring (bicyclic) bond motifs is 4. The van der Waals surface area contributed by atoms with Gasteiger partial charge in [0.05, 0.1) is 11.2 Å². The van der Waals surface area contributed by atoms with E-state index < -0.39 is 0 Å². The van der Waals surface area contributed by atoms with Crippen LogP contribution in [0.15, 0.2) is 42.3 Å². The van der Waals surface area contributed by atoms with Gasteiger partial charge in [0.15, 0.2) is 0 Å². The van der Waals surface area contributed by atoms with Crippen LogP contribution in [-0.4, -0.2) is 9.55 Å². The van der Waals surface area contributed by atoms with Gasteiger partial charge in [-0.1, -0.05) is 18.2 Å². The molecule has 2 aromatic rings. The average molecular weight is 314 g/mol. The molecule has 2 aromatic heterocycles. The average Bonchev–Trinajstić information content (AvgIpc) is 3.43. The molecule has 0 aromatic carbocycles. The number of allylic oxidation sites excluding steroid dienone is 6. The second-order valence-corrected chi connectivity index (χ2v) is 7.90. The van der Waals surface area contributed by atoms with Crippen molar-refractivity contribution in [3.05, 3.63) is 53.5 Å². The first kappa shape index (κ1) is 13.2. The number of hydrogen-bond donors (Lipinski definition) is 0. The van der Waals surface area contributed by atoms with Gasteiger partial charge in [-0.2, -0.15) is 0 Å². The van der Waals surface area contributed by atoms with Crippen LogP contribution >= 0.6 is 0 Å². The molecule has 1 unspecified atom stereocenters. The van der Waals surface area contributed by atoms with Gasteiger partial charge in [0.25, 0.3) is 0 Å². The Morgan fingerprint density at radius 1 is 1.04 bits per heavy atom. The lowest BCUT2D eigenvalue weighted by molar-refractivity contribution is 0.417. The molecule has 6 rings (SSSR count). The Morgan fingerprint density at radius 3 is 2.92 bits per heavy atom. The molecule has 1 saturated carbocycles. The third kappa shape index (κ3) is 1.74. The van der Waals surface area contributed by atoms with E-state index in [9.17, 15) is 0 Å². The highest BCUT2D eigenvalue weighted by atomic mass is 15.0. The molecule has 0 bridgehead atoms. The highest BCUT2D eigenvalue weighted by Crippen LogP contribution is 2.49. The number of pyridine rings is 1. The molecule has 0 radical (unpaired) electrons. The van der Waals surface area contributed by atoms with Crippen molar-refractivity contribution in [3.63, 3.8) is 0 Å². The lowest BCUT2D eigenvalue weighted by Gasteiger charge is -2.27. The van der Waals surface area contributed by atoms with Crippen LogP contribution in [0.5, 0.6) is 0 Å². The Morgan fingerprint density at radius 2 is 2.00 bits per heavy atom. The van der Waals surface area contributed by atoms with E-state index in [2.05, 4.69) is 40.0 Å². The third-order valence-electron chi connectivity index (χ3n) is 6.53. The Bertz CT molecular complexity index is 950. The zero-order chi connectivity index (χ0) is 15.7. The van der Waals surface area contributed by atoms with Gasteiger partial charge in [-0.25, -0.2) is 0 Å². The Labute approximate surface area is 142 Å². The molecular weight excluding hydrogens is 292 g/mol. The van der Waals surface area contributed by atoms with E-state index in [0.717, 1.165) is 24.7 Å². The van der Waals surface area contributed by atoms with E-state index >= 15 is 0 Å². The summed E-state index contributed by atoms with van der Waals surface area (Å²) in [5, 5.41) is 1.37. The number of aryl methyl sites for hydroxylation is 1. The summed E-state index contributed by atoms with van der Waals surface area (Å²) in [6, 6.07) is 2.22. The fourth-order valence-corrected chi connectivity index (χ4v) is 5.22. The maximum atomic E-state index is 4.42. The summed E-state index contributed by atoms with van der Waals surface area (Å²) in [5.74, 6) is 1.94. The first-order chi connectivity index (χ1) is 11.9. The largest absolute Gasteiger partial charge is 0.312 e. The van der Waals surface area contributed by atoms with Gasteiger partial charge in [-0.3, -0.25) is 4.98 Å². The smallest absolute Gasteiger partial charge is 0.0567 e. The number of hydrogen-bond acceptors (Lipinski definition) is 1. The second-order valence-electron chi connectivity index (χ2n) is 7.90. The van der Waals surface area contributed by atoms with Gasteiger partial charge in [0, 0.05) is 23.5 Å². The number of nitrogens with zero attached hydrogens (tertiary/aromatic N) is 2. The predicted octanol–water partition coefficient (Wildman–Crippen LogP) is 5.36. The summed E-state index contributed by atoms with van der Waals surface area (Å²) < 4.78 is 2.59. The molecule has 0 amide bonds. The van der Waals surface area contributed by atoms with E-state index in [0.29, 0.717) is 0 Å². The van der Waals surface area contributed by atoms with E-state index in [1.54, 1.807) is 11.3 Å². The molecule has 4 aliphatic rings. The van der Waals surface area contributed by atoms with Gasteiger partial charge in [-0.15, -0.1) is 0 Å². The minimum absolute atomic E-state index is 0.926. The van der Waals surface area contributed by atoms with Crippen molar-refractivity contribution in [2.24, 2.45) is 11.8 Å². The van der Waals surface area contributed by atoms with Crippen molar-refractivity contribution >= 4 is 22.2 Å². The topological polar surface area (TPSA) is 17.8 Å². The van der Waals surface area contributed by atoms with Crippen LogP contribution in [0.2, 0.25) is 0 Å². The predicted molar refractivity (Wildman–Crippen MR) is 98.5 cm³/mol. The molecule has 2 heteroatoms. The molecule has 1 fully saturated rings. The molecule has 0 saturated heterocycles. The van der Waals surface area contributed by atoms with Gasteiger partial charge >= 0.3 is 0 Å². The van der Waals surface area contributed by atoms with Crippen molar-refractivity contribution in [1.29, 1.82) is 0 Å². The van der Waals surface area contributed by atoms with Gasteiger partial charge in [-0.05, 0) is 79.6 Å². The summed E-state index contributed by atoms with van der Waals surface area (Å²) in [5.41, 5.74) is 8.90. The fourth-order valence-electron chi connectivity index (χ4n) is 5.22. The van der Waals surface area contributed by atoms with Crippen LogP contribution in [0.25, 0.3) is 22.2 Å². The summed E-state index contributed by atoms with van der Waals surface area (Å²) in [7, 11) is 0. The maximum Gasteiger partial charge on any atom is 0.0567 e. The van der Waals surface area contributed by atoms with Crippen LogP contribution < -0.4 is 0 Å². The lowest BCUT2D eigenvalue weighted by atomic mass is 9.83. The Balaban J connectivity index is 1.63. The summed E-state index contributed by atoms with van der Waals surface area (Å²) in [6.07, 6.45) is 20.4. The molecular formula is C22H22N2. The minimum atomic E-state index is 0.926. The Kier molecular flexibility index (Phi) is 2.60. The van der Waals surface area contributed by atoms with Crippen molar-refractivity contribution in [2.75, 3.05) is 0 Å². The van der Waals surface area contributed by atoms with Crippen LogP contribution in [0.4, 0.5) is 0 Å². The van der Waals surface area contributed by atoms with Crippen molar-refractivity contribution in [1.82, 2.24) is 9.55 Å². The molecule has 3 aliphatic carbocycles. The first-order valence-corrected chi connectivity index (χ1v) is 9.48. The lowest BCUT2D eigenvalue weighted by Crippen LogP contribution is -2.14. The van der Waals surface area contributed by atoms with Crippen molar-refractivity contribution in [3.8, 4) is 0 Å². The van der Waals surface area contributed by atoms with E-state index in [4.69, 9.17) is 0 Å². The maximum absolute atomic E-state index is 4.42. The zero-order valence-corrected chi connectivity index (χ0v) is 14.0. The monoisotopic (exact) mass is 314 g/mol. The SMILES string of the molecule is C1=CC2=C(CCC(C3CC3)C2)n2c3c(c4cnccc42)CCC=C13. The summed E-state index contributed by atoms with van der Waals surface area (Å²) in [6.45, 7) is 0. The highest BCUT2D eigenvalue weighted by molar-refractivity contribution is 5.96. The Hall–Kier alpha value is -2.09. The molecule has 0 spiro atoms. The normalized spacial score (nSPS) is 25.3. The van der Waals surface area contributed by atoms with Gasteiger partial charge < -0.3 is 4.57 Å². The van der Waals surface area contributed by atoms with Crippen LogP contribution in [0.1, 0.15) is 49.8 Å². The molecule has 120 valence electrons. The van der Waals surface area contributed by atoms with E-state index in [1.807, 2.05) is 6.20 Å². The van der Waals surface area contributed by atoms with Crippen LogP contribution in [-0.2, 0) is 6.42 Å². The van der Waals surface area contributed by atoms with Crippen molar-refractivity contribution < 1.29 is 0 Å². The second kappa shape index (κ2) is 4.72. The van der Waals surface area contributed by atoms with Crippen LogP contribution in [0, 0.1) is 11.8 Å². The molecule has 0 N–H and O–H groups in total. The third-order valence-corrected chi connectivity index (χ3v) is 6.53. The summed E-state index contributed by atoms with van der Waals surface area (Å²) in [4.78, 5) is 4.42. The number of aromatic nitrogens is 2. The standard InChI is InChI=1S/C22H22N2/c1-2-15-6-7-17-12-16(14-4-5-14)8-9-20(17)24-21-10-11-23-13-19(21)18(3-1)22(15)24/h2,6-7,10-11,13-14,16H,1,3-5,8-9,12H2. The van der Waals surface area contributed by atoms with E-state index in [1.165, 1.54) is 59.8 Å². The van der Waals surface area contributed by atoms with Crippen molar-refractivity contribution in [2.45, 2.75) is 44.9 Å². The van der Waals surface area contributed by atoms with Crippen LogP contribution in [0.3, 0.4) is 0 Å². The fraction of sp³-hybridized carbons (Fsp3) is 0.409. The first-order valence-electron chi connectivity index (χ1n) is 9.48. The van der Waals surface area contributed by atoms with E-state index in [-0.39, 0.29) is 0 Å². The van der Waals surface area contributed by atoms with Gasteiger partial charge in [0.1, 0.15) is 0 Å².